The monoisotopic (exact) mass is 290 g/mol. The quantitative estimate of drug-likeness (QED) is 0.928. The van der Waals surface area contributed by atoms with Crippen LogP contribution < -0.4 is 5.32 Å². The van der Waals surface area contributed by atoms with E-state index in [1.165, 1.54) is 6.07 Å². The van der Waals surface area contributed by atoms with E-state index in [2.05, 4.69) is 5.32 Å². The van der Waals surface area contributed by atoms with Crippen LogP contribution in [-0.4, -0.2) is 30.9 Å². The molecule has 2 unspecified atom stereocenters. The Bertz CT molecular complexity index is 539. The number of carbonyl (C=O) groups excluding carboxylic acids is 1. The van der Waals surface area contributed by atoms with Gasteiger partial charge in [-0.15, -0.1) is 0 Å². The molecule has 114 valence electrons. The van der Waals surface area contributed by atoms with Gasteiger partial charge in [-0.1, -0.05) is 18.2 Å². The topological polar surface area (TPSA) is 32.3 Å². The van der Waals surface area contributed by atoms with Crippen LogP contribution in [0.4, 0.5) is 4.39 Å². The Balaban J connectivity index is 1.69. The number of benzene rings is 1. The SMILES string of the molecule is CC(c1ccccc1F)N(C)C(=O)C1CC12CCNCC2. The number of nitrogens with one attached hydrogen (secondary N) is 1. The lowest BCUT2D eigenvalue weighted by Crippen LogP contribution is -2.36. The molecule has 3 nitrogen and oxygen atoms in total. The number of halogens is 1. The van der Waals surface area contributed by atoms with Gasteiger partial charge < -0.3 is 10.2 Å². The first-order chi connectivity index (χ1) is 10.1. The molecule has 2 aliphatic rings. The molecule has 21 heavy (non-hydrogen) atoms. The third-order valence-electron chi connectivity index (χ3n) is 5.37. The molecular formula is C17H23FN2O. The second-order valence-corrected chi connectivity index (χ2v) is 6.52. The van der Waals surface area contributed by atoms with Gasteiger partial charge >= 0.3 is 0 Å². The Hall–Kier alpha value is -1.42. The van der Waals surface area contributed by atoms with Crippen molar-refractivity contribution in [2.75, 3.05) is 20.1 Å². The number of rotatable bonds is 3. The van der Waals surface area contributed by atoms with Gasteiger partial charge in [-0.2, -0.15) is 0 Å². The lowest BCUT2D eigenvalue weighted by Gasteiger charge is -2.28. The minimum absolute atomic E-state index is 0.138. The first-order valence-corrected chi connectivity index (χ1v) is 7.77. The van der Waals surface area contributed by atoms with Crippen LogP contribution in [0.15, 0.2) is 24.3 Å². The second-order valence-electron chi connectivity index (χ2n) is 6.52. The highest BCUT2D eigenvalue weighted by Crippen LogP contribution is 2.59. The summed E-state index contributed by atoms with van der Waals surface area (Å²) < 4.78 is 13.9. The summed E-state index contributed by atoms with van der Waals surface area (Å²) in [6.07, 6.45) is 3.18. The first kappa shape index (κ1) is 14.5. The number of amides is 1. The molecule has 2 atom stereocenters. The Morgan fingerprint density at radius 3 is 2.71 bits per heavy atom. The lowest BCUT2D eigenvalue weighted by molar-refractivity contribution is -0.134. The summed E-state index contributed by atoms with van der Waals surface area (Å²) in [6, 6.07) is 6.49. The van der Waals surface area contributed by atoms with Crippen molar-refractivity contribution in [2.24, 2.45) is 11.3 Å². The minimum atomic E-state index is -0.239. The molecule has 1 saturated heterocycles. The third kappa shape index (κ3) is 2.57. The largest absolute Gasteiger partial charge is 0.339 e. The van der Waals surface area contributed by atoms with Crippen molar-refractivity contribution >= 4 is 5.91 Å². The van der Waals surface area contributed by atoms with E-state index in [0.29, 0.717) is 5.56 Å². The summed E-state index contributed by atoms with van der Waals surface area (Å²) in [5.74, 6) is 0.0727. The molecule has 0 bridgehead atoms. The second kappa shape index (κ2) is 5.41. The van der Waals surface area contributed by atoms with Crippen molar-refractivity contribution < 1.29 is 9.18 Å². The maximum absolute atomic E-state index is 13.9. The molecule has 1 N–H and O–H groups in total. The molecule has 3 rings (SSSR count). The van der Waals surface area contributed by atoms with Gasteiger partial charge in [0.15, 0.2) is 0 Å². The van der Waals surface area contributed by atoms with Crippen LogP contribution in [0, 0.1) is 17.2 Å². The maximum Gasteiger partial charge on any atom is 0.226 e. The molecule has 1 saturated carbocycles. The highest BCUT2D eigenvalue weighted by atomic mass is 19.1. The first-order valence-electron chi connectivity index (χ1n) is 7.77. The standard InChI is InChI=1S/C17H23FN2O/c1-12(13-5-3-4-6-15(13)18)20(2)16(21)14-11-17(14)7-9-19-10-8-17/h3-6,12,14,19H,7-11H2,1-2H3. The summed E-state index contributed by atoms with van der Waals surface area (Å²) in [7, 11) is 1.80. The Labute approximate surface area is 125 Å². The van der Waals surface area contributed by atoms with Gasteiger partial charge in [0.2, 0.25) is 5.91 Å². The molecule has 1 aromatic rings. The van der Waals surface area contributed by atoms with E-state index in [9.17, 15) is 9.18 Å². The van der Waals surface area contributed by atoms with E-state index in [1.54, 1.807) is 24.1 Å². The van der Waals surface area contributed by atoms with Crippen molar-refractivity contribution in [1.82, 2.24) is 10.2 Å². The van der Waals surface area contributed by atoms with Crippen molar-refractivity contribution in [3.8, 4) is 0 Å². The molecule has 1 heterocycles. The average molecular weight is 290 g/mol. The molecule has 2 fully saturated rings. The molecular weight excluding hydrogens is 267 g/mol. The molecule has 4 heteroatoms. The molecule has 1 aromatic carbocycles. The van der Waals surface area contributed by atoms with Gasteiger partial charge in [0, 0.05) is 18.5 Å². The lowest BCUT2D eigenvalue weighted by atomic mass is 9.91. The number of nitrogens with zero attached hydrogens (tertiary/aromatic N) is 1. The highest BCUT2D eigenvalue weighted by molar-refractivity contribution is 5.83. The van der Waals surface area contributed by atoms with Gasteiger partial charge in [-0.25, -0.2) is 4.39 Å². The summed E-state index contributed by atoms with van der Waals surface area (Å²) in [5.41, 5.74) is 0.819. The number of hydrogen-bond donors (Lipinski definition) is 1. The van der Waals surface area contributed by atoms with Crippen LogP contribution in [0.2, 0.25) is 0 Å². The molecule has 1 aliphatic heterocycles. The van der Waals surface area contributed by atoms with E-state index < -0.39 is 0 Å². The van der Waals surface area contributed by atoms with Crippen LogP contribution in [-0.2, 0) is 4.79 Å². The Morgan fingerprint density at radius 1 is 1.38 bits per heavy atom. The zero-order chi connectivity index (χ0) is 15.0. The van der Waals surface area contributed by atoms with E-state index in [1.807, 2.05) is 13.0 Å². The molecule has 0 radical (unpaired) electrons. The predicted octanol–water partition coefficient (Wildman–Crippen LogP) is 2.73. The molecule has 1 spiro atoms. The van der Waals surface area contributed by atoms with Crippen molar-refractivity contribution in [2.45, 2.75) is 32.2 Å². The average Bonchev–Trinajstić information content (AvgIpc) is 3.19. The van der Waals surface area contributed by atoms with Crippen molar-refractivity contribution in [3.05, 3.63) is 35.6 Å². The van der Waals surface area contributed by atoms with Crippen molar-refractivity contribution in [1.29, 1.82) is 0 Å². The normalized spacial score (nSPS) is 24.6. The third-order valence-corrected chi connectivity index (χ3v) is 5.37. The van der Waals surface area contributed by atoms with Gasteiger partial charge in [-0.3, -0.25) is 4.79 Å². The van der Waals surface area contributed by atoms with Crippen LogP contribution in [0.5, 0.6) is 0 Å². The van der Waals surface area contributed by atoms with Gasteiger partial charge in [0.1, 0.15) is 5.82 Å². The van der Waals surface area contributed by atoms with Crippen LogP contribution >= 0.6 is 0 Å². The summed E-state index contributed by atoms with van der Waals surface area (Å²) >= 11 is 0. The van der Waals surface area contributed by atoms with Gasteiger partial charge in [0.25, 0.3) is 0 Å². The van der Waals surface area contributed by atoms with E-state index in [4.69, 9.17) is 0 Å². The van der Waals surface area contributed by atoms with Crippen molar-refractivity contribution in [3.63, 3.8) is 0 Å². The molecule has 1 amide bonds. The summed E-state index contributed by atoms with van der Waals surface area (Å²) in [5, 5.41) is 3.35. The zero-order valence-electron chi connectivity index (χ0n) is 12.7. The van der Waals surface area contributed by atoms with Gasteiger partial charge in [0.05, 0.1) is 6.04 Å². The fourth-order valence-electron chi connectivity index (χ4n) is 3.63. The Morgan fingerprint density at radius 2 is 2.05 bits per heavy atom. The molecule has 1 aliphatic carbocycles. The number of hydrogen-bond acceptors (Lipinski definition) is 2. The van der Waals surface area contributed by atoms with Gasteiger partial charge in [-0.05, 0) is 50.8 Å². The van der Waals surface area contributed by atoms with Crippen LogP contribution in [0.1, 0.15) is 37.8 Å². The fraction of sp³-hybridized carbons (Fsp3) is 0.588. The van der Waals surface area contributed by atoms with E-state index in [-0.39, 0.29) is 29.1 Å². The van der Waals surface area contributed by atoms with Crippen LogP contribution in [0.3, 0.4) is 0 Å². The Kier molecular flexibility index (Phi) is 3.74. The van der Waals surface area contributed by atoms with E-state index in [0.717, 1.165) is 32.4 Å². The summed E-state index contributed by atoms with van der Waals surface area (Å²) in [4.78, 5) is 14.4. The number of piperidine rings is 1. The smallest absolute Gasteiger partial charge is 0.226 e. The number of carbonyl (C=O) groups is 1. The predicted molar refractivity (Wildman–Crippen MR) is 80.2 cm³/mol. The van der Waals surface area contributed by atoms with E-state index >= 15 is 0 Å². The van der Waals surface area contributed by atoms with Crippen LogP contribution in [0.25, 0.3) is 0 Å². The molecule has 0 aromatic heterocycles. The maximum atomic E-state index is 13.9. The highest BCUT2D eigenvalue weighted by Gasteiger charge is 2.58. The fourth-order valence-corrected chi connectivity index (χ4v) is 3.63. The zero-order valence-corrected chi connectivity index (χ0v) is 12.7. The summed E-state index contributed by atoms with van der Waals surface area (Å²) in [6.45, 7) is 3.92. The minimum Gasteiger partial charge on any atom is -0.339 e.